The number of nitrogens with zero attached hydrogens (tertiary/aromatic N) is 1. The fourth-order valence-corrected chi connectivity index (χ4v) is 1.68. The number of halogens is 2. The van der Waals surface area contributed by atoms with Crippen molar-refractivity contribution < 1.29 is 9.53 Å². The molecule has 2 rings (SSSR count). The Balaban J connectivity index is 0.00000144. The molecule has 102 valence electrons. The lowest BCUT2D eigenvalue weighted by atomic mass is 10.1. The Hall–Kier alpha value is -0.880. The van der Waals surface area contributed by atoms with Crippen molar-refractivity contribution in [1.82, 2.24) is 10.3 Å². The minimum absolute atomic E-state index is 0. The van der Waals surface area contributed by atoms with Gasteiger partial charge in [0, 0.05) is 24.6 Å². The van der Waals surface area contributed by atoms with E-state index in [1.54, 1.807) is 24.5 Å². The summed E-state index contributed by atoms with van der Waals surface area (Å²) in [6.45, 7) is 3.25. The van der Waals surface area contributed by atoms with E-state index in [0.717, 1.165) is 5.69 Å². The molecule has 0 bridgehead atoms. The monoisotopic (exact) mass is 293 g/mol. The average Bonchev–Trinajstić information content (AvgIpc) is 2.31. The van der Waals surface area contributed by atoms with Gasteiger partial charge in [-0.2, -0.15) is 0 Å². The van der Waals surface area contributed by atoms with Crippen LogP contribution in [0.5, 0.6) is 0 Å². The number of hydrogen-bond donors (Lipinski definition) is 2. The predicted molar refractivity (Wildman–Crippen MR) is 74.6 cm³/mol. The predicted octanol–water partition coefficient (Wildman–Crippen LogP) is 1.24. The number of aromatic nitrogens is 1. The van der Waals surface area contributed by atoms with E-state index in [4.69, 9.17) is 4.74 Å². The van der Waals surface area contributed by atoms with Gasteiger partial charge in [-0.1, -0.05) is 0 Å². The lowest BCUT2D eigenvalue weighted by Gasteiger charge is -2.29. The lowest BCUT2D eigenvalue weighted by Crippen LogP contribution is -2.53. The molecular formula is C11H17Cl2N3O2. The molecule has 1 aliphatic heterocycles. The molecule has 0 saturated carbocycles. The van der Waals surface area contributed by atoms with Crippen molar-refractivity contribution in [1.29, 1.82) is 0 Å². The van der Waals surface area contributed by atoms with Crippen molar-refractivity contribution in [2.75, 3.05) is 18.5 Å². The summed E-state index contributed by atoms with van der Waals surface area (Å²) in [5.74, 6) is -0.0709. The van der Waals surface area contributed by atoms with E-state index in [9.17, 15) is 4.79 Å². The minimum Gasteiger partial charge on any atom is -0.375 e. The van der Waals surface area contributed by atoms with Crippen LogP contribution in [0.2, 0.25) is 0 Å². The van der Waals surface area contributed by atoms with E-state index in [1.165, 1.54) is 0 Å². The van der Waals surface area contributed by atoms with Gasteiger partial charge in [0.15, 0.2) is 0 Å². The summed E-state index contributed by atoms with van der Waals surface area (Å²) in [6, 6.07) is 3.22. The second kappa shape index (κ2) is 8.26. The topological polar surface area (TPSA) is 63.2 Å². The van der Waals surface area contributed by atoms with Gasteiger partial charge < -0.3 is 15.4 Å². The molecule has 1 aliphatic rings. The molecule has 7 heteroatoms. The molecule has 0 unspecified atom stereocenters. The highest BCUT2D eigenvalue weighted by Gasteiger charge is 2.28. The summed E-state index contributed by atoms with van der Waals surface area (Å²) in [7, 11) is 0. The van der Waals surface area contributed by atoms with Crippen molar-refractivity contribution in [3.05, 3.63) is 24.5 Å². The minimum atomic E-state index is -0.290. The quantitative estimate of drug-likeness (QED) is 0.861. The Labute approximate surface area is 119 Å². The number of ether oxygens (including phenoxy) is 1. The number of amides is 1. The summed E-state index contributed by atoms with van der Waals surface area (Å²) in [4.78, 5) is 15.8. The van der Waals surface area contributed by atoms with Crippen molar-refractivity contribution in [2.24, 2.45) is 0 Å². The normalized spacial score (nSPS) is 22.3. The van der Waals surface area contributed by atoms with Gasteiger partial charge in [0.25, 0.3) is 0 Å². The molecule has 0 radical (unpaired) electrons. The number of pyridine rings is 1. The number of carbonyl (C=O) groups is 1. The standard InChI is InChI=1S/C11H15N3O2.2ClH/c1-8-10(13-6-7-16-8)11(15)14-9-2-4-12-5-3-9;;/h2-5,8,10,13H,6-7H2,1H3,(H,12,14,15);2*1H/t8-,10+;;/m1../s1. The summed E-state index contributed by atoms with van der Waals surface area (Å²) in [6.07, 6.45) is 3.18. The summed E-state index contributed by atoms with van der Waals surface area (Å²) in [5.41, 5.74) is 0.750. The van der Waals surface area contributed by atoms with Crippen molar-refractivity contribution >= 4 is 36.4 Å². The molecule has 18 heavy (non-hydrogen) atoms. The van der Waals surface area contributed by atoms with Gasteiger partial charge in [-0.25, -0.2) is 0 Å². The lowest BCUT2D eigenvalue weighted by molar-refractivity contribution is -0.123. The molecule has 2 N–H and O–H groups in total. The van der Waals surface area contributed by atoms with Gasteiger partial charge in [-0.3, -0.25) is 9.78 Å². The second-order valence-electron chi connectivity index (χ2n) is 3.73. The number of anilines is 1. The number of nitrogens with one attached hydrogen (secondary N) is 2. The summed E-state index contributed by atoms with van der Waals surface area (Å²) in [5, 5.41) is 5.96. The number of rotatable bonds is 2. The van der Waals surface area contributed by atoms with Crippen LogP contribution in [0, 0.1) is 0 Å². The molecule has 2 heterocycles. The maximum atomic E-state index is 11.9. The zero-order valence-electron chi connectivity index (χ0n) is 9.96. The Morgan fingerprint density at radius 1 is 1.44 bits per heavy atom. The van der Waals surface area contributed by atoms with Crippen LogP contribution in [-0.2, 0) is 9.53 Å². The molecule has 1 amide bonds. The van der Waals surface area contributed by atoms with E-state index in [0.29, 0.717) is 13.2 Å². The largest absolute Gasteiger partial charge is 0.375 e. The van der Waals surface area contributed by atoms with Crippen molar-refractivity contribution in [2.45, 2.75) is 19.1 Å². The van der Waals surface area contributed by atoms with Crippen LogP contribution < -0.4 is 10.6 Å². The Morgan fingerprint density at radius 3 is 2.72 bits per heavy atom. The number of carbonyl (C=O) groups excluding carboxylic acids is 1. The van der Waals surface area contributed by atoms with Crippen LogP contribution in [0.1, 0.15) is 6.92 Å². The Kier molecular flexibility index (Phi) is 7.86. The van der Waals surface area contributed by atoms with E-state index >= 15 is 0 Å². The SMILES string of the molecule is C[C@H]1OCCN[C@@H]1C(=O)Nc1ccncc1.Cl.Cl. The van der Waals surface area contributed by atoms with E-state index in [2.05, 4.69) is 15.6 Å². The first-order valence-corrected chi connectivity index (χ1v) is 5.33. The van der Waals surface area contributed by atoms with Crippen molar-refractivity contribution in [3.63, 3.8) is 0 Å². The fourth-order valence-electron chi connectivity index (χ4n) is 1.68. The highest BCUT2D eigenvalue weighted by molar-refractivity contribution is 5.95. The average molecular weight is 294 g/mol. The molecule has 0 aliphatic carbocycles. The first kappa shape index (κ1) is 17.1. The van der Waals surface area contributed by atoms with E-state index < -0.39 is 0 Å². The van der Waals surface area contributed by atoms with Crippen LogP contribution in [0.3, 0.4) is 0 Å². The third kappa shape index (κ3) is 4.42. The first-order chi connectivity index (χ1) is 7.77. The van der Waals surface area contributed by atoms with Crippen LogP contribution in [0.25, 0.3) is 0 Å². The van der Waals surface area contributed by atoms with Gasteiger partial charge in [-0.05, 0) is 19.1 Å². The molecular weight excluding hydrogens is 277 g/mol. The Bertz CT molecular complexity index is 365. The van der Waals surface area contributed by atoms with Crippen LogP contribution in [0.4, 0.5) is 5.69 Å². The Morgan fingerprint density at radius 2 is 2.11 bits per heavy atom. The second-order valence-corrected chi connectivity index (χ2v) is 3.73. The molecule has 1 aromatic heterocycles. The molecule has 1 saturated heterocycles. The van der Waals surface area contributed by atoms with Crippen LogP contribution in [-0.4, -0.2) is 36.2 Å². The maximum Gasteiger partial charge on any atom is 0.244 e. The van der Waals surface area contributed by atoms with Crippen LogP contribution in [0.15, 0.2) is 24.5 Å². The van der Waals surface area contributed by atoms with Crippen molar-refractivity contribution in [3.8, 4) is 0 Å². The first-order valence-electron chi connectivity index (χ1n) is 5.33. The smallest absolute Gasteiger partial charge is 0.244 e. The fraction of sp³-hybridized carbons (Fsp3) is 0.455. The molecule has 5 nitrogen and oxygen atoms in total. The summed E-state index contributed by atoms with van der Waals surface area (Å²) >= 11 is 0. The molecule has 0 aromatic carbocycles. The molecule has 1 aromatic rings. The zero-order chi connectivity index (χ0) is 11.4. The number of morpholine rings is 1. The maximum absolute atomic E-state index is 11.9. The summed E-state index contributed by atoms with van der Waals surface area (Å²) < 4.78 is 5.41. The molecule has 2 atom stereocenters. The van der Waals surface area contributed by atoms with Crippen LogP contribution >= 0.6 is 24.8 Å². The highest BCUT2D eigenvalue weighted by atomic mass is 35.5. The number of hydrogen-bond acceptors (Lipinski definition) is 4. The van der Waals surface area contributed by atoms with Gasteiger partial charge >= 0.3 is 0 Å². The van der Waals surface area contributed by atoms with E-state index in [-0.39, 0.29) is 42.9 Å². The van der Waals surface area contributed by atoms with Gasteiger partial charge in [0.05, 0.1) is 12.7 Å². The van der Waals surface area contributed by atoms with E-state index in [1.807, 2.05) is 6.92 Å². The van der Waals surface area contributed by atoms with Gasteiger partial charge in [0.2, 0.25) is 5.91 Å². The highest BCUT2D eigenvalue weighted by Crippen LogP contribution is 2.08. The third-order valence-corrected chi connectivity index (χ3v) is 2.55. The third-order valence-electron chi connectivity index (χ3n) is 2.55. The van der Waals surface area contributed by atoms with Gasteiger partial charge in [0.1, 0.15) is 6.04 Å². The van der Waals surface area contributed by atoms with Gasteiger partial charge in [-0.15, -0.1) is 24.8 Å². The zero-order valence-corrected chi connectivity index (χ0v) is 11.6. The molecule has 0 spiro atoms. The molecule has 1 fully saturated rings.